The first kappa shape index (κ1) is 15.8. The van der Waals surface area contributed by atoms with E-state index in [2.05, 4.69) is 18.7 Å². The van der Waals surface area contributed by atoms with Gasteiger partial charge in [0.05, 0.1) is 6.61 Å². The Kier molecular flexibility index (Phi) is 7.30. The third-order valence-corrected chi connectivity index (χ3v) is 2.94. The molecule has 0 aromatic heterocycles. The largest absolute Gasteiger partial charge is 0.494 e. The molecule has 0 spiro atoms. The summed E-state index contributed by atoms with van der Waals surface area (Å²) in [5.41, 5.74) is 0. The Labute approximate surface area is 115 Å². The summed E-state index contributed by atoms with van der Waals surface area (Å²) in [7, 11) is 0. The van der Waals surface area contributed by atoms with E-state index in [1.165, 1.54) is 0 Å². The van der Waals surface area contributed by atoms with Crippen LogP contribution in [-0.2, 0) is 0 Å². The van der Waals surface area contributed by atoms with Crippen LogP contribution in [0.1, 0.15) is 20.8 Å². The summed E-state index contributed by atoms with van der Waals surface area (Å²) in [6.07, 6.45) is -0.466. The highest BCUT2D eigenvalue weighted by atomic mass is 16.5. The van der Waals surface area contributed by atoms with Gasteiger partial charge in [0.1, 0.15) is 24.2 Å². The Morgan fingerprint density at radius 1 is 1.00 bits per heavy atom. The molecule has 1 atom stereocenters. The molecule has 1 unspecified atom stereocenters. The fourth-order valence-electron chi connectivity index (χ4n) is 1.82. The number of aliphatic hydroxyl groups is 1. The van der Waals surface area contributed by atoms with Gasteiger partial charge in [-0.15, -0.1) is 0 Å². The van der Waals surface area contributed by atoms with E-state index >= 15 is 0 Å². The monoisotopic (exact) mass is 267 g/mol. The number of hydrogen-bond donors (Lipinski definition) is 1. The van der Waals surface area contributed by atoms with Gasteiger partial charge in [-0.1, -0.05) is 13.8 Å². The van der Waals surface area contributed by atoms with Crippen molar-refractivity contribution in [3.63, 3.8) is 0 Å². The molecule has 0 saturated heterocycles. The van der Waals surface area contributed by atoms with E-state index in [1.54, 1.807) is 0 Å². The van der Waals surface area contributed by atoms with Crippen molar-refractivity contribution >= 4 is 0 Å². The Morgan fingerprint density at radius 2 is 1.53 bits per heavy atom. The van der Waals surface area contributed by atoms with E-state index in [-0.39, 0.29) is 0 Å². The van der Waals surface area contributed by atoms with Crippen LogP contribution in [0.3, 0.4) is 0 Å². The second-order valence-corrected chi connectivity index (χ2v) is 4.36. The van der Waals surface area contributed by atoms with Gasteiger partial charge < -0.3 is 19.5 Å². The summed E-state index contributed by atoms with van der Waals surface area (Å²) in [5, 5.41) is 9.89. The molecule has 0 fully saturated rings. The first-order valence-electron chi connectivity index (χ1n) is 6.95. The topological polar surface area (TPSA) is 41.9 Å². The highest BCUT2D eigenvalue weighted by Crippen LogP contribution is 2.17. The van der Waals surface area contributed by atoms with Gasteiger partial charge in [-0.3, -0.25) is 0 Å². The van der Waals surface area contributed by atoms with Gasteiger partial charge in [0.2, 0.25) is 0 Å². The van der Waals surface area contributed by atoms with Crippen molar-refractivity contribution in [2.75, 3.05) is 32.8 Å². The van der Waals surface area contributed by atoms with Crippen molar-refractivity contribution in [2.45, 2.75) is 26.9 Å². The third-order valence-electron chi connectivity index (χ3n) is 2.94. The summed E-state index contributed by atoms with van der Waals surface area (Å²) in [5.74, 6) is 1.58. The fraction of sp³-hybridized carbons (Fsp3) is 0.600. The van der Waals surface area contributed by atoms with Gasteiger partial charge in [0, 0.05) is 6.54 Å². The molecule has 1 N–H and O–H groups in total. The van der Waals surface area contributed by atoms with Crippen LogP contribution in [0.2, 0.25) is 0 Å². The predicted molar refractivity (Wildman–Crippen MR) is 76.9 cm³/mol. The molecule has 1 aromatic carbocycles. The maximum atomic E-state index is 9.89. The number of rotatable bonds is 9. The highest BCUT2D eigenvalue weighted by Gasteiger charge is 2.09. The molecule has 0 amide bonds. The minimum absolute atomic E-state index is 0.310. The average molecular weight is 267 g/mol. The summed E-state index contributed by atoms with van der Waals surface area (Å²) in [6, 6.07) is 7.45. The molecule has 4 nitrogen and oxygen atoms in total. The quantitative estimate of drug-likeness (QED) is 0.744. The Balaban J connectivity index is 2.35. The fourth-order valence-corrected chi connectivity index (χ4v) is 1.82. The smallest absolute Gasteiger partial charge is 0.119 e. The summed E-state index contributed by atoms with van der Waals surface area (Å²) < 4.78 is 10.9. The van der Waals surface area contributed by atoms with Crippen LogP contribution in [-0.4, -0.2) is 49.0 Å². The number of likely N-dealkylation sites (N-methyl/N-ethyl adjacent to an activating group) is 1. The lowest BCUT2D eigenvalue weighted by Gasteiger charge is -2.21. The molecule has 0 aliphatic carbocycles. The van der Waals surface area contributed by atoms with Gasteiger partial charge in [0.25, 0.3) is 0 Å². The molecule has 0 aliphatic rings. The third kappa shape index (κ3) is 5.94. The lowest BCUT2D eigenvalue weighted by atomic mass is 10.3. The van der Waals surface area contributed by atoms with Crippen molar-refractivity contribution in [3.05, 3.63) is 24.3 Å². The molecule has 1 aromatic rings. The Hall–Kier alpha value is -1.26. The molecule has 0 heterocycles. The number of benzene rings is 1. The summed E-state index contributed by atoms with van der Waals surface area (Å²) in [6.45, 7) is 9.62. The van der Waals surface area contributed by atoms with Crippen LogP contribution < -0.4 is 9.47 Å². The lowest BCUT2D eigenvalue weighted by molar-refractivity contribution is 0.0716. The first-order chi connectivity index (χ1) is 9.19. The zero-order valence-corrected chi connectivity index (χ0v) is 12.1. The van der Waals surface area contributed by atoms with E-state index in [9.17, 15) is 5.11 Å². The number of ether oxygens (including phenoxy) is 2. The Morgan fingerprint density at radius 3 is 2.00 bits per heavy atom. The zero-order chi connectivity index (χ0) is 14.1. The molecular formula is C15H25NO3. The molecular weight excluding hydrogens is 242 g/mol. The second-order valence-electron chi connectivity index (χ2n) is 4.36. The van der Waals surface area contributed by atoms with Gasteiger partial charge in [-0.05, 0) is 44.3 Å². The minimum atomic E-state index is -0.466. The van der Waals surface area contributed by atoms with Crippen LogP contribution in [0, 0.1) is 0 Å². The second kappa shape index (κ2) is 8.77. The number of hydrogen-bond acceptors (Lipinski definition) is 4. The van der Waals surface area contributed by atoms with Crippen molar-refractivity contribution in [3.8, 4) is 11.5 Å². The Bertz CT molecular complexity index is 336. The molecule has 1 rings (SSSR count). The maximum Gasteiger partial charge on any atom is 0.119 e. The van der Waals surface area contributed by atoms with Crippen molar-refractivity contribution < 1.29 is 14.6 Å². The predicted octanol–water partition coefficient (Wildman–Crippen LogP) is 2.17. The van der Waals surface area contributed by atoms with E-state index in [1.807, 2.05) is 31.2 Å². The molecule has 0 bridgehead atoms. The van der Waals surface area contributed by atoms with Crippen LogP contribution in [0.5, 0.6) is 11.5 Å². The first-order valence-corrected chi connectivity index (χ1v) is 6.95. The van der Waals surface area contributed by atoms with Crippen molar-refractivity contribution in [1.29, 1.82) is 0 Å². The van der Waals surface area contributed by atoms with E-state index in [0.717, 1.165) is 24.6 Å². The van der Waals surface area contributed by atoms with Crippen LogP contribution in [0.25, 0.3) is 0 Å². The maximum absolute atomic E-state index is 9.89. The lowest BCUT2D eigenvalue weighted by Crippen LogP contribution is -2.35. The zero-order valence-electron chi connectivity index (χ0n) is 12.1. The summed E-state index contributed by atoms with van der Waals surface area (Å²) >= 11 is 0. The molecule has 19 heavy (non-hydrogen) atoms. The summed E-state index contributed by atoms with van der Waals surface area (Å²) in [4.78, 5) is 2.17. The van der Waals surface area contributed by atoms with Gasteiger partial charge in [-0.2, -0.15) is 0 Å². The molecule has 0 radical (unpaired) electrons. The standard InChI is InChI=1S/C15H25NO3/c1-4-16(5-2)11-13(17)12-19-15-9-7-14(8-10-15)18-6-3/h7-10,13,17H,4-6,11-12H2,1-3H3. The average Bonchev–Trinajstić information content (AvgIpc) is 2.44. The van der Waals surface area contributed by atoms with Gasteiger partial charge in [-0.25, -0.2) is 0 Å². The molecule has 4 heteroatoms. The van der Waals surface area contributed by atoms with Crippen LogP contribution >= 0.6 is 0 Å². The van der Waals surface area contributed by atoms with E-state index in [0.29, 0.717) is 19.8 Å². The normalized spacial score (nSPS) is 12.5. The van der Waals surface area contributed by atoms with E-state index in [4.69, 9.17) is 9.47 Å². The molecule has 108 valence electrons. The highest BCUT2D eigenvalue weighted by molar-refractivity contribution is 5.31. The van der Waals surface area contributed by atoms with E-state index < -0.39 is 6.10 Å². The number of nitrogens with zero attached hydrogens (tertiary/aromatic N) is 1. The molecule has 0 saturated carbocycles. The van der Waals surface area contributed by atoms with Gasteiger partial charge >= 0.3 is 0 Å². The van der Waals surface area contributed by atoms with Gasteiger partial charge in [0.15, 0.2) is 0 Å². The van der Waals surface area contributed by atoms with Crippen molar-refractivity contribution in [2.24, 2.45) is 0 Å². The molecule has 0 aliphatic heterocycles. The van der Waals surface area contributed by atoms with Crippen LogP contribution in [0.4, 0.5) is 0 Å². The number of aliphatic hydroxyl groups excluding tert-OH is 1. The van der Waals surface area contributed by atoms with Crippen molar-refractivity contribution in [1.82, 2.24) is 4.90 Å². The van der Waals surface area contributed by atoms with Crippen LogP contribution in [0.15, 0.2) is 24.3 Å². The minimum Gasteiger partial charge on any atom is -0.494 e. The SMILES string of the molecule is CCOc1ccc(OCC(O)CN(CC)CC)cc1.